The number of likely N-dealkylation sites (N-methyl/N-ethyl adjacent to an activating group) is 1. The number of fused-ring (bicyclic) bond motifs is 4. The molecular formula is C53H56FN11O4. The Morgan fingerprint density at radius 3 is 2.42 bits per heavy atom. The minimum Gasteiger partial charge on any atom is -0.508 e. The van der Waals surface area contributed by atoms with Crippen LogP contribution in [0, 0.1) is 18.2 Å². The number of ether oxygens (including phenoxy) is 1. The molecule has 0 radical (unpaired) electrons. The second-order valence-electron chi connectivity index (χ2n) is 19.5. The Hall–Kier alpha value is -6.90. The van der Waals surface area contributed by atoms with Crippen molar-refractivity contribution in [2.24, 2.45) is 0 Å². The fraction of sp³-hybridized carbons (Fsp3) is 0.377. The molecule has 0 spiro atoms. The van der Waals surface area contributed by atoms with Crippen molar-refractivity contribution in [1.82, 2.24) is 49.7 Å². The molecule has 354 valence electrons. The van der Waals surface area contributed by atoms with Gasteiger partial charge in [-0.05, 0) is 73.0 Å². The normalized spacial score (nSPS) is 21.2. The molecule has 2 unspecified atom stereocenters. The summed E-state index contributed by atoms with van der Waals surface area (Å²) in [5.74, 6) is 3.00. The number of nitrogens with one attached hydrogen (secondary N) is 2. The molecule has 7 aromatic rings. The number of pyridine rings is 1. The number of likely N-dealkylation sites (tertiary alicyclic amines) is 1. The summed E-state index contributed by atoms with van der Waals surface area (Å²) in [6.07, 6.45) is 10.7. The molecule has 11 rings (SSSR count). The highest BCUT2D eigenvalue weighted by molar-refractivity contribution is 6.02. The topological polar surface area (TPSA) is 164 Å². The van der Waals surface area contributed by atoms with Gasteiger partial charge in [0.1, 0.15) is 35.1 Å². The van der Waals surface area contributed by atoms with Crippen molar-refractivity contribution < 1.29 is 19.3 Å². The van der Waals surface area contributed by atoms with Crippen LogP contribution < -0.4 is 20.6 Å². The summed E-state index contributed by atoms with van der Waals surface area (Å²) in [6, 6.07) is 23.6. The van der Waals surface area contributed by atoms with Gasteiger partial charge >= 0.3 is 11.7 Å². The third-order valence-corrected chi connectivity index (χ3v) is 14.8. The highest BCUT2D eigenvalue weighted by Crippen LogP contribution is 2.39. The van der Waals surface area contributed by atoms with Gasteiger partial charge in [-0.3, -0.25) is 19.7 Å². The second-order valence-corrected chi connectivity index (χ2v) is 19.5. The summed E-state index contributed by atoms with van der Waals surface area (Å²) in [5, 5.41) is 33.8. The molecule has 0 saturated carbocycles. The van der Waals surface area contributed by atoms with Crippen molar-refractivity contribution in [3.63, 3.8) is 0 Å². The van der Waals surface area contributed by atoms with Gasteiger partial charge in [0.15, 0.2) is 11.6 Å². The van der Waals surface area contributed by atoms with Crippen LogP contribution in [-0.4, -0.2) is 138 Å². The molecule has 4 aliphatic rings. The number of aromatic nitrogens is 6. The number of aromatic hydroxyl groups is 2. The minimum atomic E-state index is -0.527. The molecule has 2 bridgehead atoms. The molecule has 7 heterocycles. The third-order valence-electron chi connectivity index (χ3n) is 14.8. The maximum absolute atomic E-state index is 17.1. The van der Waals surface area contributed by atoms with Gasteiger partial charge in [0.25, 0.3) is 0 Å². The summed E-state index contributed by atoms with van der Waals surface area (Å²) in [4.78, 5) is 37.1. The van der Waals surface area contributed by atoms with Crippen molar-refractivity contribution in [2.75, 3.05) is 64.4 Å². The highest BCUT2D eigenvalue weighted by Gasteiger charge is 2.37. The summed E-state index contributed by atoms with van der Waals surface area (Å²) in [6.45, 7) is 11.2. The third kappa shape index (κ3) is 8.43. The summed E-state index contributed by atoms with van der Waals surface area (Å²) in [5.41, 5.74) is 4.00. The number of H-pyrrole nitrogens is 1. The molecule has 4 aromatic carbocycles. The van der Waals surface area contributed by atoms with Gasteiger partial charge in [-0.2, -0.15) is 15.1 Å². The van der Waals surface area contributed by atoms with Crippen LogP contribution in [0.3, 0.4) is 0 Å². The van der Waals surface area contributed by atoms with E-state index in [-0.39, 0.29) is 46.5 Å². The van der Waals surface area contributed by atoms with Crippen LogP contribution in [0.4, 0.5) is 10.2 Å². The van der Waals surface area contributed by atoms with E-state index >= 15 is 4.39 Å². The van der Waals surface area contributed by atoms with Crippen LogP contribution in [0.5, 0.6) is 17.5 Å². The maximum Gasteiger partial charge on any atom is 0.348 e. The Bertz CT molecular complexity index is 3160. The highest BCUT2D eigenvalue weighted by atomic mass is 19.1. The van der Waals surface area contributed by atoms with Crippen LogP contribution in [-0.2, 0) is 6.54 Å². The zero-order valence-electron chi connectivity index (χ0n) is 39.1. The van der Waals surface area contributed by atoms with Crippen LogP contribution >= 0.6 is 0 Å². The molecule has 4 N–H and O–H groups in total. The molecule has 4 atom stereocenters. The number of rotatable bonds is 11. The number of hydrogen-bond donors (Lipinski definition) is 4. The number of anilines is 1. The standard InChI is InChI=1S/C53H56FN11O4/c1-5-33-8-6-9-34-10-7-11-40(46(33)34)48-47(54)49-43(25-55-48)50(64-27-35-14-15-36(28-64)56-35)58-52(57-49)69-30-39-22-38(29-61(39)4)63-20-18-62(19-21-63)26-32-12-16-37(17-13-32)65-51(59-60-53(65)68)42-23-41(31(2)3)44(66)24-45(42)67/h1,6-13,16-17,23-25,31,35-36,38-39,56,66-67H,14-15,18-22,26-30H2,2-4H3,(H,60,68)/t35?,36?,38-,39-/m0/s1. The van der Waals surface area contributed by atoms with E-state index in [1.807, 2.05) is 74.5 Å². The first-order valence-corrected chi connectivity index (χ1v) is 24.0. The van der Waals surface area contributed by atoms with E-state index < -0.39 is 11.5 Å². The lowest BCUT2D eigenvalue weighted by atomic mass is 9.97. The molecule has 3 aromatic heterocycles. The van der Waals surface area contributed by atoms with E-state index in [0.717, 1.165) is 88.0 Å². The van der Waals surface area contributed by atoms with Gasteiger partial charge in [0.05, 0.1) is 16.6 Å². The zero-order valence-corrected chi connectivity index (χ0v) is 39.1. The van der Waals surface area contributed by atoms with Gasteiger partial charge in [-0.15, -0.1) is 6.42 Å². The largest absolute Gasteiger partial charge is 0.508 e. The van der Waals surface area contributed by atoms with Gasteiger partial charge in [0, 0.05) is 105 Å². The Kier molecular flexibility index (Phi) is 11.8. The molecule has 4 fully saturated rings. The SMILES string of the molecule is C#Cc1cccc2cccc(-c3ncc4c(N5CC6CCC(C5)N6)nc(OC[C@@H]5C[C@H](N6CCN(Cc7ccc(-n8c(-c9cc(C(C)C)c(O)cc9O)n[nH]c8=O)cc7)CC6)CN5C)nc4c3F)c12. The maximum atomic E-state index is 17.1. The Morgan fingerprint density at radius 2 is 1.68 bits per heavy atom. The lowest BCUT2D eigenvalue weighted by Crippen LogP contribution is -2.51. The van der Waals surface area contributed by atoms with Crippen molar-refractivity contribution in [2.45, 2.75) is 69.7 Å². The van der Waals surface area contributed by atoms with Crippen molar-refractivity contribution in [1.29, 1.82) is 0 Å². The van der Waals surface area contributed by atoms with E-state index in [1.54, 1.807) is 12.3 Å². The van der Waals surface area contributed by atoms with E-state index in [4.69, 9.17) is 26.1 Å². The van der Waals surface area contributed by atoms with Crippen LogP contribution in [0.1, 0.15) is 55.7 Å². The van der Waals surface area contributed by atoms with Crippen LogP contribution in [0.2, 0.25) is 0 Å². The van der Waals surface area contributed by atoms with Crippen molar-refractivity contribution in [3.05, 3.63) is 112 Å². The van der Waals surface area contributed by atoms with Gasteiger partial charge in [-0.25, -0.2) is 18.9 Å². The Labute approximate surface area is 399 Å². The molecular weight excluding hydrogens is 874 g/mol. The first-order chi connectivity index (χ1) is 33.5. The Balaban J connectivity index is 0.758. The number of benzene rings is 4. The molecule has 4 saturated heterocycles. The van der Waals surface area contributed by atoms with Crippen LogP contribution in [0.15, 0.2) is 83.8 Å². The summed E-state index contributed by atoms with van der Waals surface area (Å²) < 4.78 is 25.0. The van der Waals surface area contributed by atoms with E-state index in [1.165, 1.54) is 10.6 Å². The predicted octanol–water partition coefficient (Wildman–Crippen LogP) is 6.25. The van der Waals surface area contributed by atoms with E-state index in [9.17, 15) is 15.0 Å². The zero-order chi connectivity index (χ0) is 47.5. The van der Waals surface area contributed by atoms with E-state index in [0.29, 0.717) is 63.9 Å². The first-order valence-electron chi connectivity index (χ1n) is 24.0. The van der Waals surface area contributed by atoms with Gasteiger partial charge < -0.3 is 25.2 Å². The quantitative estimate of drug-likeness (QED) is 0.108. The molecule has 15 nitrogen and oxygen atoms in total. The predicted molar refractivity (Wildman–Crippen MR) is 265 cm³/mol. The van der Waals surface area contributed by atoms with Crippen molar-refractivity contribution in [3.8, 4) is 58.2 Å². The number of phenolic OH excluding ortho intramolecular Hbond substituents is 2. The minimum absolute atomic E-state index is 0.000539. The molecule has 0 aliphatic carbocycles. The average Bonchev–Trinajstić information content (AvgIpc) is 4.04. The number of piperazine rings is 2. The number of hydrogen-bond acceptors (Lipinski definition) is 13. The summed E-state index contributed by atoms with van der Waals surface area (Å²) in [7, 11) is 2.14. The second kappa shape index (κ2) is 18.2. The first kappa shape index (κ1) is 44.6. The Morgan fingerprint density at radius 1 is 0.928 bits per heavy atom. The van der Waals surface area contributed by atoms with E-state index in [2.05, 4.69) is 48.1 Å². The number of aromatic amines is 1. The van der Waals surface area contributed by atoms with Crippen LogP contribution in [0.25, 0.3) is 50.0 Å². The number of halogens is 1. The molecule has 0 amide bonds. The fourth-order valence-electron chi connectivity index (χ4n) is 11.1. The molecule has 69 heavy (non-hydrogen) atoms. The number of terminal acetylenes is 1. The smallest absolute Gasteiger partial charge is 0.348 e. The number of nitrogens with zero attached hydrogens (tertiary/aromatic N) is 9. The van der Waals surface area contributed by atoms with Gasteiger partial charge in [-0.1, -0.05) is 62.2 Å². The van der Waals surface area contributed by atoms with Gasteiger partial charge in [0.2, 0.25) is 0 Å². The summed E-state index contributed by atoms with van der Waals surface area (Å²) >= 11 is 0. The average molecular weight is 930 g/mol. The lowest BCUT2D eigenvalue weighted by Gasteiger charge is -2.38. The lowest BCUT2D eigenvalue weighted by molar-refractivity contribution is 0.0945. The van der Waals surface area contributed by atoms with Crippen molar-refractivity contribution >= 4 is 27.5 Å². The molecule has 16 heteroatoms. The fourth-order valence-corrected chi connectivity index (χ4v) is 11.1. The monoisotopic (exact) mass is 929 g/mol. The number of phenols is 2. The molecule has 4 aliphatic heterocycles.